The van der Waals surface area contributed by atoms with Gasteiger partial charge in [-0.3, -0.25) is 4.18 Å². The number of hydrogen-bond acceptors (Lipinski definition) is 7. The van der Waals surface area contributed by atoms with Gasteiger partial charge in [-0.1, -0.05) is 0 Å². The molecular weight excluding hydrogens is 368 g/mol. The second-order valence-corrected chi connectivity index (χ2v) is 8.76. The molecule has 8 nitrogen and oxygen atoms in total. The highest BCUT2D eigenvalue weighted by molar-refractivity contribution is 7.86. The lowest BCUT2D eigenvalue weighted by atomic mass is 9.85. The largest absolute Gasteiger partial charge is 0.485 e. The van der Waals surface area contributed by atoms with Crippen molar-refractivity contribution in [3.8, 4) is 18.0 Å². The van der Waals surface area contributed by atoms with Gasteiger partial charge in [0, 0.05) is 18.5 Å². The maximum absolute atomic E-state index is 12.0. The Labute approximate surface area is 158 Å². The molecule has 0 bridgehead atoms. The molecule has 2 atom stereocenters. The van der Waals surface area contributed by atoms with Gasteiger partial charge in [0.05, 0.1) is 23.9 Å². The van der Waals surface area contributed by atoms with E-state index in [0.717, 1.165) is 12.7 Å². The maximum Gasteiger partial charge on any atom is 0.264 e. The van der Waals surface area contributed by atoms with E-state index in [4.69, 9.17) is 14.2 Å². The molecule has 1 fully saturated rings. The van der Waals surface area contributed by atoms with Gasteiger partial charge in [-0.05, 0) is 38.5 Å². The zero-order chi connectivity index (χ0) is 19.8. The van der Waals surface area contributed by atoms with E-state index in [1.165, 1.54) is 0 Å². The normalized spacial score (nSPS) is 25.4. The van der Waals surface area contributed by atoms with Crippen molar-refractivity contribution in [2.24, 2.45) is 4.99 Å². The Balaban J connectivity index is 2.20. The number of aliphatic imine (C=N–C) groups is 1. The fourth-order valence-corrected chi connectivity index (χ4v) is 4.39. The summed E-state index contributed by atoms with van der Waals surface area (Å²) in [6.45, 7) is 4.11. The van der Waals surface area contributed by atoms with E-state index >= 15 is 0 Å². The van der Waals surface area contributed by atoms with Crippen LogP contribution in [0.25, 0.3) is 0 Å². The summed E-state index contributed by atoms with van der Waals surface area (Å²) >= 11 is 0. The molecular formula is C18H20N4O4S. The average molecular weight is 388 g/mol. The number of likely N-dealkylation sites (tertiary alicyclic amines) is 1. The Kier molecular flexibility index (Phi) is 4.85. The van der Waals surface area contributed by atoms with Crippen LogP contribution in [0.2, 0.25) is 0 Å². The molecule has 0 aliphatic carbocycles. The van der Waals surface area contributed by atoms with Crippen LogP contribution in [0.3, 0.4) is 0 Å². The molecule has 2 unspecified atom stereocenters. The van der Waals surface area contributed by atoms with Gasteiger partial charge >= 0.3 is 0 Å². The van der Waals surface area contributed by atoms with Crippen molar-refractivity contribution in [1.29, 1.82) is 10.5 Å². The molecule has 0 radical (unpaired) electrons. The number of benzene rings is 1. The smallest absolute Gasteiger partial charge is 0.264 e. The first kappa shape index (κ1) is 19.2. The van der Waals surface area contributed by atoms with Crippen molar-refractivity contribution in [3.05, 3.63) is 29.3 Å². The standard InChI is InChI=1S/C18H20N4O4S/c1-18(2)17(26-27(3,23)24)16(22-8-4-5-15(22)21-11-20)13-9-12(10-19)6-7-14(13)25-18/h6-7,9,16-17H,4-5,8H2,1-3H3. The first-order valence-corrected chi connectivity index (χ1v) is 10.3. The van der Waals surface area contributed by atoms with Crippen LogP contribution in [-0.2, 0) is 14.3 Å². The van der Waals surface area contributed by atoms with Crippen LogP contribution in [0.15, 0.2) is 23.2 Å². The number of amidine groups is 1. The molecule has 2 aliphatic rings. The van der Waals surface area contributed by atoms with E-state index in [1.807, 2.05) is 11.1 Å². The number of nitrogens with zero attached hydrogens (tertiary/aromatic N) is 4. The Morgan fingerprint density at radius 2 is 2.11 bits per heavy atom. The van der Waals surface area contributed by atoms with Crippen LogP contribution < -0.4 is 4.74 Å². The fourth-order valence-electron chi connectivity index (χ4n) is 3.67. The highest BCUT2D eigenvalue weighted by atomic mass is 32.2. The van der Waals surface area contributed by atoms with Crippen molar-refractivity contribution in [3.63, 3.8) is 0 Å². The highest BCUT2D eigenvalue weighted by Gasteiger charge is 2.50. The summed E-state index contributed by atoms with van der Waals surface area (Å²) < 4.78 is 35.4. The quantitative estimate of drug-likeness (QED) is 0.575. The molecule has 0 saturated carbocycles. The minimum atomic E-state index is -3.78. The van der Waals surface area contributed by atoms with Crippen LogP contribution in [0.1, 0.15) is 43.9 Å². The molecule has 27 heavy (non-hydrogen) atoms. The van der Waals surface area contributed by atoms with Gasteiger partial charge in [0.15, 0.2) is 0 Å². The zero-order valence-electron chi connectivity index (χ0n) is 15.3. The van der Waals surface area contributed by atoms with E-state index in [0.29, 0.717) is 35.7 Å². The molecule has 142 valence electrons. The van der Waals surface area contributed by atoms with Crippen LogP contribution in [0.5, 0.6) is 5.75 Å². The minimum absolute atomic E-state index is 0.429. The number of ether oxygens (including phenoxy) is 1. The Morgan fingerprint density at radius 1 is 1.37 bits per heavy atom. The van der Waals surface area contributed by atoms with E-state index in [1.54, 1.807) is 32.0 Å². The first-order chi connectivity index (χ1) is 12.7. The summed E-state index contributed by atoms with van der Waals surface area (Å²) in [5.74, 6) is 1.14. The molecule has 2 heterocycles. The third kappa shape index (κ3) is 3.75. The van der Waals surface area contributed by atoms with Crippen LogP contribution in [-0.4, -0.2) is 43.7 Å². The number of nitriles is 2. The van der Waals surface area contributed by atoms with Crippen LogP contribution in [0, 0.1) is 22.8 Å². The molecule has 0 spiro atoms. The average Bonchev–Trinajstić information content (AvgIpc) is 3.02. The summed E-state index contributed by atoms with van der Waals surface area (Å²) in [5.41, 5.74) is 0.114. The van der Waals surface area contributed by atoms with Gasteiger partial charge in [-0.15, -0.1) is 0 Å². The van der Waals surface area contributed by atoms with Crippen LogP contribution >= 0.6 is 0 Å². The van der Waals surface area contributed by atoms with Gasteiger partial charge in [0.1, 0.15) is 23.3 Å². The topological polar surface area (TPSA) is 116 Å². The summed E-state index contributed by atoms with van der Waals surface area (Å²) in [6.07, 6.45) is 3.33. The summed E-state index contributed by atoms with van der Waals surface area (Å²) in [4.78, 5) is 5.80. The van der Waals surface area contributed by atoms with Gasteiger partial charge in [-0.2, -0.15) is 23.9 Å². The van der Waals surface area contributed by atoms with Crippen LogP contribution in [0.4, 0.5) is 0 Å². The lowest BCUT2D eigenvalue weighted by molar-refractivity contribution is -0.0627. The molecule has 0 amide bonds. The van der Waals surface area contributed by atoms with E-state index in [2.05, 4.69) is 11.1 Å². The Morgan fingerprint density at radius 3 is 2.74 bits per heavy atom. The summed E-state index contributed by atoms with van der Waals surface area (Å²) in [7, 11) is -3.78. The SMILES string of the molecule is CC1(C)Oc2ccc(C#N)cc2C(N2CCCC2=NC#N)C1OS(C)(=O)=O. The van der Waals surface area contributed by atoms with E-state index in [9.17, 15) is 13.7 Å². The molecule has 2 aliphatic heterocycles. The van der Waals surface area contributed by atoms with Gasteiger partial charge in [0.2, 0.25) is 6.19 Å². The number of fused-ring (bicyclic) bond motifs is 1. The third-order valence-electron chi connectivity index (χ3n) is 4.73. The lowest BCUT2D eigenvalue weighted by Crippen LogP contribution is -2.55. The molecule has 1 saturated heterocycles. The second-order valence-electron chi connectivity index (χ2n) is 7.16. The Hall–Kier alpha value is -2.62. The lowest BCUT2D eigenvalue weighted by Gasteiger charge is -2.47. The van der Waals surface area contributed by atoms with Crippen molar-refractivity contribution in [1.82, 2.24) is 4.90 Å². The predicted molar refractivity (Wildman–Crippen MR) is 97.3 cm³/mol. The zero-order valence-corrected chi connectivity index (χ0v) is 16.2. The fraction of sp³-hybridized carbons (Fsp3) is 0.500. The summed E-state index contributed by atoms with van der Waals surface area (Å²) in [5, 5.41) is 18.3. The van der Waals surface area contributed by atoms with Gasteiger partial charge < -0.3 is 9.64 Å². The number of rotatable bonds is 3. The monoisotopic (exact) mass is 388 g/mol. The highest BCUT2D eigenvalue weighted by Crippen LogP contribution is 2.46. The molecule has 0 N–H and O–H groups in total. The minimum Gasteiger partial charge on any atom is -0.485 e. The van der Waals surface area contributed by atoms with Crippen molar-refractivity contribution in [2.45, 2.75) is 44.4 Å². The van der Waals surface area contributed by atoms with Gasteiger partial charge in [-0.25, -0.2) is 0 Å². The molecule has 1 aromatic rings. The predicted octanol–water partition coefficient (Wildman–Crippen LogP) is 2.09. The van der Waals surface area contributed by atoms with E-state index in [-0.39, 0.29) is 0 Å². The molecule has 0 aromatic heterocycles. The second kappa shape index (κ2) is 6.84. The van der Waals surface area contributed by atoms with Crippen molar-refractivity contribution in [2.75, 3.05) is 12.8 Å². The molecule has 1 aromatic carbocycles. The Bertz CT molecular complexity index is 972. The third-order valence-corrected chi connectivity index (χ3v) is 5.28. The first-order valence-electron chi connectivity index (χ1n) is 8.50. The number of hydrogen-bond donors (Lipinski definition) is 0. The van der Waals surface area contributed by atoms with Crippen molar-refractivity contribution >= 4 is 16.0 Å². The van der Waals surface area contributed by atoms with Crippen molar-refractivity contribution < 1.29 is 17.3 Å². The summed E-state index contributed by atoms with van der Waals surface area (Å²) in [6, 6.07) is 6.57. The van der Waals surface area contributed by atoms with E-state index < -0.39 is 27.9 Å². The molecule has 9 heteroatoms. The maximum atomic E-state index is 12.0. The van der Waals surface area contributed by atoms with Gasteiger partial charge in [0.25, 0.3) is 10.1 Å². The molecule has 3 rings (SSSR count).